The van der Waals surface area contributed by atoms with Crippen LogP contribution in [0.15, 0.2) is 36.4 Å². The van der Waals surface area contributed by atoms with E-state index in [0.717, 1.165) is 29.2 Å². The smallest absolute Gasteiger partial charge is 0.0249 e. The molecule has 0 bridgehead atoms. The summed E-state index contributed by atoms with van der Waals surface area (Å²) in [6.07, 6.45) is 22.6. The highest BCUT2D eigenvalue weighted by atomic mass is 14.3. The molecule has 3 rings (SSSR count). The molecule has 0 heteroatoms. The third-order valence-electron chi connectivity index (χ3n) is 7.58. The second kappa shape index (κ2) is 12.3. The van der Waals surface area contributed by atoms with Crippen molar-refractivity contribution in [2.24, 2.45) is 17.8 Å². The molecule has 0 unspecified atom stereocenters. The van der Waals surface area contributed by atoms with Crippen molar-refractivity contribution >= 4 is 0 Å². The minimum Gasteiger partial charge on any atom is -0.0730 e. The van der Waals surface area contributed by atoms with Gasteiger partial charge in [0.1, 0.15) is 0 Å². The van der Waals surface area contributed by atoms with Crippen molar-refractivity contribution < 1.29 is 0 Å². The lowest BCUT2D eigenvalue weighted by molar-refractivity contribution is 0.289. The molecular weight excluding hydrogens is 348 g/mol. The molecule has 0 radical (unpaired) electrons. The standard InChI is InChI=1S/C29H42/c1-3-5-6-9-25-12-14-26(15-13-25)10-7-8-11-27-18-22-29(23-19-27)28-20-16-24(4-2)17-21-28/h7,10,18-19,22-26,28H,3-6,9,12-17,20-21H2,1-2H3/b10-7+. The highest BCUT2D eigenvalue weighted by Crippen LogP contribution is 2.37. The predicted molar refractivity (Wildman–Crippen MR) is 127 cm³/mol. The van der Waals surface area contributed by atoms with Crippen LogP contribution in [0.25, 0.3) is 0 Å². The third-order valence-corrected chi connectivity index (χ3v) is 7.58. The molecule has 0 heterocycles. The van der Waals surface area contributed by atoms with E-state index >= 15 is 0 Å². The Balaban J connectivity index is 1.40. The number of hydrogen-bond donors (Lipinski definition) is 0. The number of allylic oxidation sites excluding steroid dienone is 2. The zero-order valence-corrected chi connectivity index (χ0v) is 19.0. The summed E-state index contributed by atoms with van der Waals surface area (Å²) >= 11 is 0. The van der Waals surface area contributed by atoms with E-state index in [1.165, 1.54) is 89.0 Å². The van der Waals surface area contributed by atoms with Crippen molar-refractivity contribution in [3.63, 3.8) is 0 Å². The monoisotopic (exact) mass is 390 g/mol. The van der Waals surface area contributed by atoms with Crippen LogP contribution in [0.4, 0.5) is 0 Å². The molecule has 0 aromatic heterocycles. The topological polar surface area (TPSA) is 0 Å². The molecule has 1 aromatic rings. The van der Waals surface area contributed by atoms with Crippen LogP contribution in [-0.4, -0.2) is 0 Å². The number of benzene rings is 1. The minimum absolute atomic E-state index is 0.757. The SMILES string of the molecule is CCCCCC1CCC(/C=C/C#Cc2ccc(C3CCC(CC)CC3)cc2)CC1. The molecule has 158 valence electrons. The maximum atomic E-state index is 3.34. The lowest BCUT2D eigenvalue weighted by Gasteiger charge is -2.28. The first kappa shape index (κ1) is 22.2. The Morgan fingerprint density at radius 2 is 1.52 bits per heavy atom. The summed E-state index contributed by atoms with van der Waals surface area (Å²) in [7, 11) is 0. The average molecular weight is 391 g/mol. The quantitative estimate of drug-likeness (QED) is 0.323. The predicted octanol–water partition coefficient (Wildman–Crippen LogP) is 8.66. The molecule has 29 heavy (non-hydrogen) atoms. The van der Waals surface area contributed by atoms with E-state index in [-0.39, 0.29) is 0 Å². The molecule has 0 saturated heterocycles. The van der Waals surface area contributed by atoms with Crippen LogP contribution < -0.4 is 0 Å². The second-order valence-electron chi connectivity index (χ2n) is 9.65. The Kier molecular flexibility index (Phi) is 9.40. The van der Waals surface area contributed by atoms with Gasteiger partial charge in [-0.15, -0.1) is 0 Å². The Labute approximate surface area is 180 Å². The molecule has 2 fully saturated rings. The van der Waals surface area contributed by atoms with E-state index in [2.05, 4.69) is 62.1 Å². The molecule has 0 nitrogen and oxygen atoms in total. The van der Waals surface area contributed by atoms with Crippen LogP contribution in [0.1, 0.15) is 114 Å². The zero-order chi connectivity index (χ0) is 20.3. The molecule has 2 saturated carbocycles. The van der Waals surface area contributed by atoms with Crippen LogP contribution in [0, 0.1) is 29.6 Å². The molecule has 0 spiro atoms. The highest BCUT2D eigenvalue weighted by molar-refractivity contribution is 5.39. The third kappa shape index (κ3) is 7.37. The summed E-state index contributed by atoms with van der Waals surface area (Å²) in [6, 6.07) is 9.10. The largest absolute Gasteiger partial charge is 0.0730 e. The van der Waals surface area contributed by atoms with E-state index in [4.69, 9.17) is 0 Å². The maximum absolute atomic E-state index is 3.34. The van der Waals surface area contributed by atoms with Crippen molar-refractivity contribution in [2.75, 3.05) is 0 Å². The number of hydrogen-bond acceptors (Lipinski definition) is 0. The number of unbranched alkanes of at least 4 members (excludes halogenated alkanes) is 2. The fourth-order valence-corrected chi connectivity index (χ4v) is 5.40. The summed E-state index contributed by atoms with van der Waals surface area (Å²) in [4.78, 5) is 0. The van der Waals surface area contributed by atoms with Crippen molar-refractivity contribution in [1.82, 2.24) is 0 Å². The summed E-state index contributed by atoms with van der Waals surface area (Å²) in [5, 5.41) is 0. The molecule has 2 aliphatic carbocycles. The van der Waals surface area contributed by atoms with Gasteiger partial charge in [0, 0.05) is 5.56 Å². The normalized spacial score (nSPS) is 27.5. The van der Waals surface area contributed by atoms with E-state index in [9.17, 15) is 0 Å². The molecule has 0 atom stereocenters. The van der Waals surface area contributed by atoms with Crippen molar-refractivity contribution in [1.29, 1.82) is 0 Å². The van der Waals surface area contributed by atoms with Crippen LogP contribution in [0.5, 0.6) is 0 Å². The van der Waals surface area contributed by atoms with Gasteiger partial charge < -0.3 is 0 Å². The van der Waals surface area contributed by atoms with E-state index in [0.29, 0.717) is 0 Å². The molecule has 1 aromatic carbocycles. The summed E-state index contributed by atoms with van der Waals surface area (Å²) in [6.45, 7) is 4.64. The Bertz CT molecular complexity index is 652. The first-order valence-corrected chi connectivity index (χ1v) is 12.6. The average Bonchev–Trinajstić information content (AvgIpc) is 2.78. The molecular formula is C29H42. The highest BCUT2D eigenvalue weighted by Gasteiger charge is 2.21. The Morgan fingerprint density at radius 3 is 2.17 bits per heavy atom. The first-order valence-electron chi connectivity index (χ1n) is 12.6. The summed E-state index contributed by atoms with van der Waals surface area (Å²) in [5.74, 6) is 10.1. The van der Waals surface area contributed by atoms with Crippen LogP contribution in [0.2, 0.25) is 0 Å². The van der Waals surface area contributed by atoms with Crippen molar-refractivity contribution in [2.45, 2.75) is 103 Å². The van der Waals surface area contributed by atoms with Gasteiger partial charge in [0.15, 0.2) is 0 Å². The summed E-state index contributed by atoms with van der Waals surface area (Å²) in [5.41, 5.74) is 2.68. The Hall–Kier alpha value is -1.48. The molecule has 0 aliphatic heterocycles. The van der Waals surface area contributed by atoms with Gasteiger partial charge >= 0.3 is 0 Å². The van der Waals surface area contributed by atoms with Gasteiger partial charge in [-0.05, 0) is 98.8 Å². The van der Waals surface area contributed by atoms with E-state index in [1.807, 2.05) is 0 Å². The molecule has 2 aliphatic rings. The number of rotatable bonds is 7. The van der Waals surface area contributed by atoms with Crippen LogP contribution >= 0.6 is 0 Å². The second-order valence-corrected chi connectivity index (χ2v) is 9.65. The van der Waals surface area contributed by atoms with Gasteiger partial charge in [0.05, 0.1) is 0 Å². The van der Waals surface area contributed by atoms with E-state index in [1.54, 1.807) is 0 Å². The maximum Gasteiger partial charge on any atom is 0.0249 e. The lowest BCUT2D eigenvalue weighted by atomic mass is 9.78. The minimum atomic E-state index is 0.757. The van der Waals surface area contributed by atoms with Gasteiger partial charge in [0.2, 0.25) is 0 Å². The van der Waals surface area contributed by atoms with Gasteiger partial charge in [-0.3, -0.25) is 0 Å². The summed E-state index contributed by atoms with van der Waals surface area (Å²) < 4.78 is 0. The van der Waals surface area contributed by atoms with Crippen LogP contribution in [0.3, 0.4) is 0 Å². The zero-order valence-electron chi connectivity index (χ0n) is 19.0. The van der Waals surface area contributed by atoms with Gasteiger partial charge in [-0.25, -0.2) is 0 Å². The molecule has 0 amide bonds. The van der Waals surface area contributed by atoms with E-state index < -0.39 is 0 Å². The first-order chi connectivity index (χ1) is 14.3. The Morgan fingerprint density at radius 1 is 0.828 bits per heavy atom. The fourth-order valence-electron chi connectivity index (χ4n) is 5.40. The lowest BCUT2D eigenvalue weighted by Crippen LogP contribution is -2.12. The molecule has 0 N–H and O–H groups in total. The fraction of sp³-hybridized carbons (Fsp3) is 0.655. The van der Waals surface area contributed by atoms with Gasteiger partial charge in [0.25, 0.3) is 0 Å². The van der Waals surface area contributed by atoms with Crippen LogP contribution in [-0.2, 0) is 0 Å². The van der Waals surface area contributed by atoms with Gasteiger partial charge in [-0.2, -0.15) is 0 Å². The van der Waals surface area contributed by atoms with Crippen molar-refractivity contribution in [3.05, 3.63) is 47.5 Å². The van der Waals surface area contributed by atoms with Crippen molar-refractivity contribution in [3.8, 4) is 11.8 Å². The van der Waals surface area contributed by atoms with Gasteiger partial charge in [-0.1, -0.05) is 76.0 Å².